The van der Waals surface area contributed by atoms with Gasteiger partial charge in [0, 0.05) is 18.0 Å². The summed E-state index contributed by atoms with van der Waals surface area (Å²) >= 11 is 0. The van der Waals surface area contributed by atoms with Gasteiger partial charge in [-0.2, -0.15) is 0 Å². The number of nitrogens with two attached hydrogens (primary N) is 1. The number of carbonyl (C=O) groups is 1. The molecule has 10 heteroatoms. The Morgan fingerprint density at radius 2 is 1.97 bits per heavy atom. The number of fused-ring (bicyclic) bond motifs is 1. The maximum absolute atomic E-state index is 13.3. The van der Waals surface area contributed by atoms with Gasteiger partial charge in [-0.1, -0.05) is 12.6 Å². The smallest absolute Gasteiger partial charge is 0.396 e. The van der Waals surface area contributed by atoms with E-state index in [0.29, 0.717) is 17.1 Å². The van der Waals surface area contributed by atoms with Crippen molar-refractivity contribution in [3.63, 3.8) is 0 Å². The molecule has 0 aliphatic carbocycles. The fourth-order valence-electron chi connectivity index (χ4n) is 2.79. The standard InChI is InChI=1S/C20H15F2N5O3/c1-2-27(19(28)26-17-5-3-4-10-24-17)18-13(23)7-8-14(25-18)12-6-9-15-16(11-12)30-20(21,22)29-15/h2-11H,1,23H2,(H,24,26,28). The van der Waals surface area contributed by atoms with Crippen molar-refractivity contribution in [3.05, 3.63) is 67.5 Å². The van der Waals surface area contributed by atoms with E-state index in [2.05, 4.69) is 31.3 Å². The highest BCUT2D eigenvalue weighted by Gasteiger charge is 2.43. The molecule has 1 aromatic carbocycles. The van der Waals surface area contributed by atoms with E-state index < -0.39 is 12.3 Å². The molecule has 8 nitrogen and oxygen atoms in total. The number of amides is 2. The van der Waals surface area contributed by atoms with Gasteiger partial charge < -0.3 is 15.2 Å². The van der Waals surface area contributed by atoms with Gasteiger partial charge in [-0.25, -0.2) is 14.8 Å². The molecule has 0 bridgehead atoms. The summed E-state index contributed by atoms with van der Waals surface area (Å²) < 4.78 is 35.4. The van der Waals surface area contributed by atoms with Crippen LogP contribution in [0.2, 0.25) is 0 Å². The number of nitrogen functional groups attached to an aromatic ring is 1. The molecule has 3 heterocycles. The molecule has 2 aromatic heterocycles. The maximum Gasteiger partial charge on any atom is 0.586 e. The number of alkyl halides is 2. The molecular weight excluding hydrogens is 396 g/mol. The van der Waals surface area contributed by atoms with Gasteiger partial charge in [0.25, 0.3) is 0 Å². The predicted octanol–water partition coefficient (Wildman–Crippen LogP) is 4.23. The van der Waals surface area contributed by atoms with Gasteiger partial charge in [0.2, 0.25) is 0 Å². The van der Waals surface area contributed by atoms with Gasteiger partial charge in [0.15, 0.2) is 17.3 Å². The van der Waals surface area contributed by atoms with E-state index in [9.17, 15) is 13.6 Å². The zero-order chi connectivity index (χ0) is 21.3. The second-order valence-electron chi connectivity index (χ2n) is 6.14. The lowest BCUT2D eigenvalue weighted by molar-refractivity contribution is -0.286. The Kier molecular flexibility index (Phi) is 4.66. The van der Waals surface area contributed by atoms with Crippen molar-refractivity contribution in [2.75, 3.05) is 16.0 Å². The van der Waals surface area contributed by atoms with Crippen LogP contribution < -0.4 is 25.4 Å². The highest BCUT2D eigenvalue weighted by Crippen LogP contribution is 2.43. The quantitative estimate of drug-likeness (QED) is 0.666. The Labute approximate surface area is 169 Å². The number of aromatic nitrogens is 2. The van der Waals surface area contributed by atoms with Crippen molar-refractivity contribution < 1.29 is 23.0 Å². The fraction of sp³-hybridized carbons (Fsp3) is 0.0500. The highest BCUT2D eigenvalue weighted by molar-refractivity contribution is 6.03. The topological polar surface area (TPSA) is 103 Å². The normalized spacial score (nSPS) is 13.5. The van der Waals surface area contributed by atoms with Crippen LogP contribution in [0.15, 0.2) is 67.5 Å². The molecule has 3 aromatic rings. The molecule has 0 fully saturated rings. The first-order chi connectivity index (χ1) is 14.4. The lowest BCUT2D eigenvalue weighted by Gasteiger charge is -2.20. The fourth-order valence-corrected chi connectivity index (χ4v) is 2.79. The second-order valence-corrected chi connectivity index (χ2v) is 6.14. The summed E-state index contributed by atoms with van der Waals surface area (Å²) in [4.78, 5) is 22.2. The Balaban J connectivity index is 1.65. The molecule has 0 spiro atoms. The highest BCUT2D eigenvalue weighted by atomic mass is 19.3. The number of anilines is 3. The first-order valence-electron chi connectivity index (χ1n) is 8.67. The van der Waals surface area contributed by atoms with Crippen molar-refractivity contribution in [2.45, 2.75) is 6.29 Å². The van der Waals surface area contributed by atoms with Crippen molar-refractivity contribution >= 4 is 23.4 Å². The van der Waals surface area contributed by atoms with Gasteiger partial charge >= 0.3 is 12.3 Å². The number of nitrogens with zero attached hydrogens (tertiary/aromatic N) is 3. The summed E-state index contributed by atoms with van der Waals surface area (Å²) in [6.07, 6.45) is -0.935. The average molecular weight is 411 g/mol. The third-order valence-corrected chi connectivity index (χ3v) is 4.13. The van der Waals surface area contributed by atoms with E-state index in [-0.39, 0.29) is 23.0 Å². The van der Waals surface area contributed by atoms with Crippen molar-refractivity contribution in [2.24, 2.45) is 0 Å². The zero-order valence-electron chi connectivity index (χ0n) is 15.4. The number of benzene rings is 1. The largest absolute Gasteiger partial charge is 0.586 e. The number of hydrogen-bond acceptors (Lipinski definition) is 6. The number of nitrogens with one attached hydrogen (secondary N) is 1. The summed E-state index contributed by atoms with van der Waals surface area (Å²) in [6.45, 7) is 3.64. The van der Waals surface area contributed by atoms with Gasteiger partial charge in [-0.05, 0) is 42.5 Å². The van der Waals surface area contributed by atoms with Gasteiger partial charge in [0.1, 0.15) is 5.82 Å². The maximum atomic E-state index is 13.3. The van der Waals surface area contributed by atoms with E-state index in [1.807, 2.05) is 0 Å². The van der Waals surface area contributed by atoms with Gasteiger partial charge in [0.05, 0.1) is 11.4 Å². The summed E-state index contributed by atoms with van der Waals surface area (Å²) in [5, 5.41) is 2.61. The van der Waals surface area contributed by atoms with Crippen LogP contribution in [-0.2, 0) is 0 Å². The molecule has 4 rings (SSSR count). The van der Waals surface area contributed by atoms with Crippen LogP contribution in [0, 0.1) is 0 Å². The molecule has 0 saturated heterocycles. The summed E-state index contributed by atoms with van der Waals surface area (Å²) in [5.74, 6) is 0.243. The van der Waals surface area contributed by atoms with Crippen LogP contribution in [0.5, 0.6) is 11.5 Å². The van der Waals surface area contributed by atoms with Crippen molar-refractivity contribution in [1.82, 2.24) is 9.97 Å². The molecule has 3 N–H and O–H groups in total. The Bertz CT molecular complexity index is 1120. The van der Waals surface area contributed by atoms with Crippen LogP contribution in [0.3, 0.4) is 0 Å². The van der Waals surface area contributed by atoms with Gasteiger partial charge in [-0.15, -0.1) is 8.78 Å². The predicted molar refractivity (Wildman–Crippen MR) is 106 cm³/mol. The second kappa shape index (κ2) is 7.32. The average Bonchev–Trinajstić information content (AvgIpc) is 3.03. The molecule has 152 valence electrons. The van der Waals surface area contributed by atoms with E-state index >= 15 is 0 Å². The number of halogens is 2. The molecule has 1 aliphatic rings. The number of hydrogen-bond donors (Lipinski definition) is 2. The lowest BCUT2D eigenvalue weighted by Crippen LogP contribution is -2.31. The molecule has 0 atom stereocenters. The Hall–Kier alpha value is -4.21. The van der Waals surface area contributed by atoms with Crippen molar-refractivity contribution in [3.8, 4) is 22.8 Å². The van der Waals surface area contributed by atoms with Crippen LogP contribution in [0.4, 0.5) is 30.9 Å². The van der Waals surface area contributed by atoms with E-state index in [1.165, 1.54) is 30.6 Å². The van der Waals surface area contributed by atoms with Crippen LogP contribution in [0.25, 0.3) is 11.3 Å². The van der Waals surface area contributed by atoms with Crippen LogP contribution in [0.1, 0.15) is 0 Å². The zero-order valence-corrected chi connectivity index (χ0v) is 15.4. The number of rotatable bonds is 4. The molecule has 30 heavy (non-hydrogen) atoms. The number of urea groups is 1. The molecule has 0 radical (unpaired) electrons. The minimum absolute atomic E-state index is 0.0816. The summed E-state index contributed by atoms with van der Waals surface area (Å²) in [6, 6.07) is 11.9. The van der Waals surface area contributed by atoms with Crippen LogP contribution in [-0.4, -0.2) is 22.3 Å². The first kappa shape index (κ1) is 19.1. The summed E-state index contributed by atoms with van der Waals surface area (Å²) in [7, 11) is 0. The lowest BCUT2D eigenvalue weighted by atomic mass is 10.1. The number of carbonyl (C=O) groups excluding carboxylic acids is 1. The SMILES string of the molecule is C=CN(C(=O)Nc1ccccn1)c1nc(-c2ccc3c(c2)OC(F)(F)O3)ccc1N. The third kappa shape index (κ3) is 3.70. The number of pyridine rings is 2. The monoisotopic (exact) mass is 411 g/mol. The van der Waals surface area contributed by atoms with Gasteiger partial charge in [-0.3, -0.25) is 10.2 Å². The summed E-state index contributed by atoms with van der Waals surface area (Å²) in [5.41, 5.74) is 7.06. The van der Waals surface area contributed by atoms with E-state index in [4.69, 9.17) is 5.73 Å². The number of ether oxygens (including phenoxy) is 2. The molecule has 0 unspecified atom stereocenters. The van der Waals surface area contributed by atoms with E-state index in [0.717, 1.165) is 4.90 Å². The molecule has 1 aliphatic heterocycles. The molecule has 0 saturated carbocycles. The third-order valence-electron chi connectivity index (χ3n) is 4.13. The minimum Gasteiger partial charge on any atom is -0.396 e. The Morgan fingerprint density at radius 3 is 2.70 bits per heavy atom. The Morgan fingerprint density at radius 1 is 1.17 bits per heavy atom. The molecule has 2 amide bonds. The van der Waals surface area contributed by atoms with E-state index in [1.54, 1.807) is 30.3 Å². The van der Waals surface area contributed by atoms with Crippen molar-refractivity contribution in [1.29, 1.82) is 0 Å². The van der Waals surface area contributed by atoms with Crippen LogP contribution >= 0.6 is 0 Å². The molecular formula is C20H15F2N5O3. The first-order valence-corrected chi connectivity index (χ1v) is 8.67. The minimum atomic E-state index is -3.72.